The molecule has 0 heterocycles. The summed E-state index contributed by atoms with van der Waals surface area (Å²) in [5.74, 6) is 0. The van der Waals surface area contributed by atoms with Gasteiger partial charge in [0.05, 0.1) is 19.3 Å². The van der Waals surface area contributed by atoms with Crippen molar-refractivity contribution >= 4 is 15.9 Å². The molecule has 1 aromatic rings. The molecule has 0 bridgehead atoms. The van der Waals surface area contributed by atoms with Crippen molar-refractivity contribution in [2.24, 2.45) is 0 Å². The average molecular weight is 245 g/mol. The first-order chi connectivity index (χ1) is 6.18. The molecule has 0 aliphatic heterocycles. The van der Waals surface area contributed by atoms with Crippen LogP contribution in [-0.2, 0) is 11.3 Å². The number of rotatable bonds is 4. The van der Waals surface area contributed by atoms with Crippen molar-refractivity contribution in [2.45, 2.75) is 19.6 Å². The lowest BCUT2D eigenvalue weighted by molar-refractivity contribution is 0.0376. The Labute approximate surface area is 86.7 Å². The number of hydrogen-bond donors (Lipinski definition) is 1. The molecular formula is C10H13BrO2. The van der Waals surface area contributed by atoms with E-state index in [-0.39, 0.29) is 0 Å². The molecule has 72 valence electrons. The summed E-state index contributed by atoms with van der Waals surface area (Å²) in [7, 11) is 0. The predicted octanol–water partition coefficient (Wildman–Crippen LogP) is 2.35. The smallest absolute Gasteiger partial charge is 0.0745 e. The van der Waals surface area contributed by atoms with Gasteiger partial charge in [0.15, 0.2) is 0 Å². The first-order valence-corrected chi connectivity index (χ1v) is 4.98. The van der Waals surface area contributed by atoms with Crippen molar-refractivity contribution < 1.29 is 9.84 Å². The van der Waals surface area contributed by atoms with E-state index in [4.69, 9.17) is 9.84 Å². The minimum Gasteiger partial charge on any atom is -0.391 e. The fourth-order valence-electron chi connectivity index (χ4n) is 0.928. The molecule has 0 aromatic heterocycles. The number of aliphatic hydroxyl groups is 1. The first-order valence-electron chi connectivity index (χ1n) is 4.19. The largest absolute Gasteiger partial charge is 0.391 e. The minimum absolute atomic E-state index is 0.385. The van der Waals surface area contributed by atoms with Crippen molar-refractivity contribution in [1.29, 1.82) is 0 Å². The van der Waals surface area contributed by atoms with Gasteiger partial charge in [-0.1, -0.05) is 28.1 Å². The summed E-state index contributed by atoms with van der Waals surface area (Å²) in [4.78, 5) is 0. The molecule has 2 nitrogen and oxygen atoms in total. The van der Waals surface area contributed by atoms with Crippen LogP contribution in [0, 0.1) is 0 Å². The lowest BCUT2D eigenvalue weighted by atomic mass is 10.2. The Morgan fingerprint density at radius 1 is 1.38 bits per heavy atom. The highest BCUT2D eigenvalue weighted by molar-refractivity contribution is 9.10. The summed E-state index contributed by atoms with van der Waals surface area (Å²) >= 11 is 3.36. The van der Waals surface area contributed by atoms with Crippen LogP contribution in [0.15, 0.2) is 28.7 Å². The van der Waals surface area contributed by atoms with E-state index < -0.39 is 6.10 Å². The van der Waals surface area contributed by atoms with E-state index in [0.29, 0.717) is 13.2 Å². The molecule has 0 saturated heterocycles. The summed E-state index contributed by atoms with van der Waals surface area (Å²) in [5, 5.41) is 8.94. The Bertz CT molecular complexity index is 244. The Kier molecular flexibility index (Phi) is 4.42. The second-order valence-electron chi connectivity index (χ2n) is 2.99. The lowest BCUT2D eigenvalue weighted by Crippen LogP contribution is -2.09. The monoisotopic (exact) mass is 244 g/mol. The maximum atomic E-state index is 8.94. The standard InChI is InChI=1S/C10H13BrO2/c1-8(12)6-13-7-9-2-4-10(11)5-3-9/h2-5,8,12H,6-7H2,1H3. The van der Waals surface area contributed by atoms with Gasteiger partial charge in [-0.25, -0.2) is 0 Å². The van der Waals surface area contributed by atoms with Crippen molar-refractivity contribution in [3.8, 4) is 0 Å². The second-order valence-corrected chi connectivity index (χ2v) is 3.91. The van der Waals surface area contributed by atoms with Crippen LogP contribution in [0.3, 0.4) is 0 Å². The zero-order chi connectivity index (χ0) is 9.68. The molecule has 3 heteroatoms. The Balaban J connectivity index is 2.33. The van der Waals surface area contributed by atoms with Crippen LogP contribution in [0.1, 0.15) is 12.5 Å². The number of benzene rings is 1. The van der Waals surface area contributed by atoms with Gasteiger partial charge in [0, 0.05) is 4.47 Å². The van der Waals surface area contributed by atoms with Gasteiger partial charge in [-0.3, -0.25) is 0 Å². The van der Waals surface area contributed by atoms with Crippen LogP contribution in [0.25, 0.3) is 0 Å². The van der Waals surface area contributed by atoms with E-state index in [0.717, 1.165) is 10.0 Å². The molecule has 1 N–H and O–H groups in total. The number of ether oxygens (including phenoxy) is 1. The summed E-state index contributed by atoms with van der Waals surface area (Å²) < 4.78 is 6.32. The normalized spacial score (nSPS) is 12.8. The van der Waals surface area contributed by atoms with E-state index in [9.17, 15) is 0 Å². The van der Waals surface area contributed by atoms with Gasteiger partial charge >= 0.3 is 0 Å². The molecule has 0 saturated carbocycles. The Morgan fingerprint density at radius 2 is 2.00 bits per heavy atom. The highest BCUT2D eigenvalue weighted by Gasteiger charge is 1.96. The van der Waals surface area contributed by atoms with Gasteiger partial charge in [-0.15, -0.1) is 0 Å². The van der Waals surface area contributed by atoms with Gasteiger partial charge in [-0.2, -0.15) is 0 Å². The summed E-state index contributed by atoms with van der Waals surface area (Å²) in [6.45, 7) is 2.65. The molecule has 0 amide bonds. The van der Waals surface area contributed by atoms with Gasteiger partial charge < -0.3 is 9.84 Å². The van der Waals surface area contributed by atoms with Crippen molar-refractivity contribution in [1.82, 2.24) is 0 Å². The van der Waals surface area contributed by atoms with E-state index in [1.54, 1.807) is 6.92 Å². The third-order valence-electron chi connectivity index (χ3n) is 1.54. The third kappa shape index (κ3) is 4.41. The van der Waals surface area contributed by atoms with Crippen molar-refractivity contribution in [3.63, 3.8) is 0 Å². The maximum absolute atomic E-state index is 8.94. The molecular weight excluding hydrogens is 232 g/mol. The number of halogens is 1. The van der Waals surface area contributed by atoms with Gasteiger partial charge in [0.2, 0.25) is 0 Å². The molecule has 13 heavy (non-hydrogen) atoms. The zero-order valence-corrected chi connectivity index (χ0v) is 9.12. The van der Waals surface area contributed by atoms with Crippen LogP contribution in [0.2, 0.25) is 0 Å². The molecule has 1 atom stereocenters. The minimum atomic E-state index is -0.393. The zero-order valence-electron chi connectivity index (χ0n) is 7.53. The van der Waals surface area contributed by atoms with Crippen molar-refractivity contribution in [3.05, 3.63) is 34.3 Å². The maximum Gasteiger partial charge on any atom is 0.0745 e. The molecule has 1 rings (SSSR count). The molecule has 1 unspecified atom stereocenters. The fraction of sp³-hybridized carbons (Fsp3) is 0.400. The molecule has 0 fully saturated rings. The molecule has 0 aliphatic rings. The summed E-state index contributed by atoms with van der Waals surface area (Å²) in [6.07, 6.45) is -0.393. The van der Waals surface area contributed by atoms with Gasteiger partial charge in [0.25, 0.3) is 0 Å². The van der Waals surface area contributed by atoms with E-state index in [1.165, 1.54) is 0 Å². The van der Waals surface area contributed by atoms with Crippen LogP contribution < -0.4 is 0 Å². The number of aliphatic hydroxyl groups excluding tert-OH is 1. The Hall–Kier alpha value is -0.380. The summed E-state index contributed by atoms with van der Waals surface area (Å²) in [5.41, 5.74) is 1.11. The SMILES string of the molecule is CC(O)COCc1ccc(Br)cc1. The second kappa shape index (κ2) is 5.37. The van der Waals surface area contributed by atoms with Crippen LogP contribution in [0.4, 0.5) is 0 Å². The third-order valence-corrected chi connectivity index (χ3v) is 2.07. The molecule has 0 spiro atoms. The lowest BCUT2D eigenvalue weighted by Gasteiger charge is -2.05. The van der Waals surface area contributed by atoms with E-state index >= 15 is 0 Å². The first kappa shape index (κ1) is 10.7. The number of hydrogen-bond acceptors (Lipinski definition) is 2. The van der Waals surface area contributed by atoms with Crippen LogP contribution in [0.5, 0.6) is 0 Å². The Morgan fingerprint density at radius 3 is 2.54 bits per heavy atom. The highest BCUT2D eigenvalue weighted by Crippen LogP contribution is 2.11. The van der Waals surface area contributed by atoms with Crippen LogP contribution in [-0.4, -0.2) is 17.8 Å². The quantitative estimate of drug-likeness (QED) is 0.882. The fourth-order valence-corrected chi connectivity index (χ4v) is 1.19. The molecule has 0 radical (unpaired) electrons. The molecule has 1 aromatic carbocycles. The van der Waals surface area contributed by atoms with E-state index in [1.807, 2.05) is 24.3 Å². The predicted molar refractivity (Wildman–Crippen MR) is 55.5 cm³/mol. The van der Waals surface area contributed by atoms with Gasteiger partial charge in [0.1, 0.15) is 0 Å². The van der Waals surface area contributed by atoms with Gasteiger partial charge in [-0.05, 0) is 24.6 Å². The van der Waals surface area contributed by atoms with E-state index in [2.05, 4.69) is 15.9 Å². The molecule has 0 aliphatic carbocycles. The van der Waals surface area contributed by atoms with Crippen molar-refractivity contribution in [2.75, 3.05) is 6.61 Å². The summed E-state index contributed by atoms with van der Waals surface area (Å²) in [6, 6.07) is 7.93. The van der Waals surface area contributed by atoms with Crippen LogP contribution >= 0.6 is 15.9 Å². The topological polar surface area (TPSA) is 29.5 Å². The average Bonchev–Trinajstić information content (AvgIpc) is 2.08. The highest BCUT2D eigenvalue weighted by atomic mass is 79.9.